The summed E-state index contributed by atoms with van der Waals surface area (Å²) in [5.41, 5.74) is 5.42. The number of nitrogens with zero attached hydrogens (tertiary/aromatic N) is 1. The molecule has 0 aliphatic rings. The van der Waals surface area contributed by atoms with Crippen molar-refractivity contribution in [1.29, 1.82) is 0 Å². The molecule has 0 bridgehead atoms. The van der Waals surface area contributed by atoms with Gasteiger partial charge in [0.2, 0.25) is 5.91 Å². The Kier molecular flexibility index (Phi) is 7.30. The van der Waals surface area contributed by atoms with Crippen LogP contribution in [0.5, 0.6) is 0 Å². The molecule has 146 valence electrons. The maximum absolute atomic E-state index is 12.5. The summed E-state index contributed by atoms with van der Waals surface area (Å²) >= 11 is 3.38. The van der Waals surface area contributed by atoms with Crippen molar-refractivity contribution in [3.05, 3.63) is 106 Å². The van der Waals surface area contributed by atoms with Gasteiger partial charge in [0, 0.05) is 4.47 Å². The summed E-state index contributed by atoms with van der Waals surface area (Å²) in [6.07, 6.45) is 0.232. The van der Waals surface area contributed by atoms with Gasteiger partial charge in [-0.3, -0.25) is 9.59 Å². The third-order valence-corrected chi connectivity index (χ3v) is 4.86. The molecular weight excluding hydrogens is 430 g/mol. The number of carbonyl (C=O) groups excluding carboxylic acids is 2. The van der Waals surface area contributed by atoms with Crippen LogP contribution in [0, 0.1) is 0 Å². The average Bonchev–Trinajstić information content (AvgIpc) is 2.75. The number of carbonyl (C=O) groups is 2. The van der Waals surface area contributed by atoms with Gasteiger partial charge in [0.15, 0.2) is 0 Å². The Bertz CT molecular complexity index is 1000. The lowest BCUT2D eigenvalue weighted by molar-refractivity contribution is -0.120. The second-order valence-electron chi connectivity index (χ2n) is 6.28. The quantitative estimate of drug-likeness (QED) is 0.423. The molecule has 0 saturated carbocycles. The highest BCUT2D eigenvalue weighted by Crippen LogP contribution is 2.15. The van der Waals surface area contributed by atoms with Crippen molar-refractivity contribution in [2.24, 2.45) is 5.10 Å². The van der Waals surface area contributed by atoms with E-state index in [0.29, 0.717) is 15.7 Å². The van der Waals surface area contributed by atoms with Crippen molar-refractivity contribution in [1.82, 2.24) is 10.7 Å². The van der Waals surface area contributed by atoms with Crippen LogP contribution in [0.2, 0.25) is 0 Å². The largest absolute Gasteiger partial charge is 0.346 e. The minimum atomic E-state index is -0.225. The molecule has 5 nitrogen and oxygen atoms in total. The molecule has 0 heterocycles. The minimum Gasteiger partial charge on any atom is -0.346 e. The fraction of sp³-hybridized carbons (Fsp3) is 0.0870. The average molecular weight is 450 g/mol. The van der Waals surface area contributed by atoms with Crippen molar-refractivity contribution in [3.8, 4) is 0 Å². The zero-order chi connectivity index (χ0) is 20.5. The lowest BCUT2D eigenvalue weighted by Crippen LogP contribution is -2.32. The molecule has 3 rings (SSSR count). The number of amides is 2. The lowest BCUT2D eigenvalue weighted by Gasteiger charge is -2.10. The van der Waals surface area contributed by atoms with Crippen molar-refractivity contribution >= 4 is 33.5 Å². The number of rotatable bonds is 7. The van der Waals surface area contributed by atoms with Gasteiger partial charge in [-0.05, 0) is 39.2 Å². The Morgan fingerprint density at radius 2 is 1.45 bits per heavy atom. The van der Waals surface area contributed by atoms with Gasteiger partial charge < -0.3 is 5.32 Å². The number of hydrazone groups is 1. The van der Waals surface area contributed by atoms with Gasteiger partial charge in [-0.25, -0.2) is 5.43 Å². The van der Waals surface area contributed by atoms with Crippen LogP contribution < -0.4 is 10.7 Å². The summed E-state index contributed by atoms with van der Waals surface area (Å²) in [5.74, 6) is -0.446. The van der Waals surface area contributed by atoms with Gasteiger partial charge in [0.25, 0.3) is 5.91 Å². The normalized spacial score (nSPS) is 11.0. The Labute approximate surface area is 178 Å². The highest BCUT2D eigenvalue weighted by molar-refractivity contribution is 9.10. The Hall–Kier alpha value is -3.25. The zero-order valence-electron chi connectivity index (χ0n) is 15.6. The molecule has 0 aliphatic heterocycles. The van der Waals surface area contributed by atoms with E-state index in [-0.39, 0.29) is 24.8 Å². The molecule has 0 fully saturated rings. The molecule has 3 aromatic carbocycles. The fourth-order valence-corrected chi connectivity index (χ4v) is 3.16. The Morgan fingerprint density at radius 1 is 0.828 bits per heavy atom. The van der Waals surface area contributed by atoms with Crippen molar-refractivity contribution in [2.45, 2.75) is 6.42 Å². The Morgan fingerprint density at radius 3 is 2.14 bits per heavy atom. The van der Waals surface area contributed by atoms with Crippen molar-refractivity contribution < 1.29 is 9.59 Å². The van der Waals surface area contributed by atoms with Crippen LogP contribution >= 0.6 is 15.9 Å². The van der Waals surface area contributed by atoms with Gasteiger partial charge in [-0.1, -0.05) is 72.8 Å². The maximum atomic E-state index is 12.5. The van der Waals surface area contributed by atoms with Crippen LogP contribution in [0.1, 0.15) is 21.5 Å². The van der Waals surface area contributed by atoms with E-state index in [0.717, 1.165) is 11.1 Å². The van der Waals surface area contributed by atoms with Crippen molar-refractivity contribution in [2.75, 3.05) is 6.54 Å². The van der Waals surface area contributed by atoms with E-state index >= 15 is 0 Å². The van der Waals surface area contributed by atoms with Crippen LogP contribution in [0.25, 0.3) is 0 Å². The topological polar surface area (TPSA) is 70.6 Å². The highest BCUT2D eigenvalue weighted by atomic mass is 79.9. The molecule has 0 radical (unpaired) electrons. The molecule has 0 atom stereocenters. The van der Waals surface area contributed by atoms with Gasteiger partial charge in [0.1, 0.15) is 0 Å². The molecule has 6 heteroatoms. The van der Waals surface area contributed by atoms with Crippen LogP contribution in [0.4, 0.5) is 0 Å². The van der Waals surface area contributed by atoms with E-state index < -0.39 is 0 Å². The summed E-state index contributed by atoms with van der Waals surface area (Å²) in [7, 11) is 0. The fourth-order valence-electron chi connectivity index (χ4n) is 2.69. The summed E-state index contributed by atoms with van der Waals surface area (Å²) in [4.78, 5) is 24.7. The minimum absolute atomic E-state index is 0.176. The van der Waals surface area contributed by atoms with Crippen LogP contribution in [-0.2, 0) is 11.2 Å². The monoisotopic (exact) mass is 449 g/mol. The number of hydrogen-bond donors (Lipinski definition) is 2. The summed E-state index contributed by atoms with van der Waals surface area (Å²) < 4.78 is 0.715. The molecule has 0 saturated heterocycles. The Balaban J connectivity index is 1.69. The second-order valence-corrected chi connectivity index (χ2v) is 7.14. The second kappa shape index (κ2) is 10.3. The number of nitrogens with one attached hydrogen (secondary N) is 2. The van der Waals surface area contributed by atoms with Crippen LogP contribution in [-0.4, -0.2) is 24.1 Å². The van der Waals surface area contributed by atoms with Gasteiger partial charge >= 0.3 is 0 Å². The zero-order valence-corrected chi connectivity index (χ0v) is 17.2. The SMILES string of the molecule is O=C(Cc1ccccc1)N/N=C(\CNC(=O)c1ccccc1Br)c1ccccc1. The summed E-state index contributed by atoms with van der Waals surface area (Å²) in [6.45, 7) is 0.176. The van der Waals surface area contributed by atoms with E-state index in [1.54, 1.807) is 12.1 Å². The van der Waals surface area contributed by atoms with Gasteiger partial charge in [0.05, 0.1) is 24.2 Å². The first kappa shape index (κ1) is 20.5. The maximum Gasteiger partial charge on any atom is 0.252 e. The van der Waals surface area contributed by atoms with Crippen molar-refractivity contribution in [3.63, 3.8) is 0 Å². The standard InChI is InChI=1S/C23H20BrN3O2/c24-20-14-8-7-13-19(20)23(29)25-16-21(18-11-5-2-6-12-18)26-27-22(28)15-17-9-3-1-4-10-17/h1-14H,15-16H2,(H,25,29)(H,27,28)/b26-21+. The predicted molar refractivity (Wildman–Crippen MR) is 118 cm³/mol. The van der Waals surface area contributed by atoms with E-state index in [4.69, 9.17) is 0 Å². The van der Waals surface area contributed by atoms with E-state index in [2.05, 4.69) is 31.8 Å². The molecular formula is C23H20BrN3O2. The molecule has 0 unspecified atom stereocenters. The van der Waals surface area contributed by atoms with E-state index in [9.17, 15) is 9.59 Å². The third kappa shape index (κ3) is 6.12. The van der Waals surface area contributed by atoms with E-state index in [1.807, 2.05) is 72.8 Å². The predicted octanol–water partition coefficient (Wildman–Crippen LogP) is 3.94. The first-order valence-corrected chi connectivity index (χ1v) is 9.90. The molecule has 0 spiro atoms. The van der Waals surface area contributed by atoms with Gasteiger partial charge in [-0.15, -0.1) is 0 Å². The highest BCUT2D eigenvalue weighted by Gasteiger charge is 2.12. The smallest absolute Gasteiger partial charge is 0.252 e. The molecule has 0 aliphatic carbocycles. The molecule has 29 heavy (non-hydrogen) atoms. The lowest BCUT2D eigenvalue weighted by atomic mass is 10.1. The number of halogens is 1. The van der Waals surface area contributed by atoms with Gasteiger partial charge in [-0.2, -0.15) is 5.10 Å². The number of hydrogen-bond acceptors (Lipinski definition) is 3. The molecule has 2 N–H and O–H groups in total. The summed E-state index contributed by atoms with van der Waals surface area (Å²) in [6, 6.07) is 26.1. The third-order valence-electron chi connectivity index (χ3n) is 4.16. The summed E-state index contributed by atoms with van der Waals surface area (Å²) in [5, 5.41) is 7.13. The van der Waals surface area contributed by atoms with Crippen LogP contribution in [0.3, 0.4) is 0 Å². The number of benzene rings is 3. The first-order chi connectivity index (χ1) is 14.1. The molecule has 0 aromatic heterocycles. The first-order valence-electron chi connectivity index (χ1n) is 9.11. The molecule has 3 aromatic rings. The van der Waals surface area contributed by atoms with Crippen LogP contribution in [0.15, 0.2) is 94.5 Å². The van der Waals surface area contributed by atoms with E-state index in [1.165, 1.54) is 0 Å². The molecule has 2 amide bonds.